The van der Waals surface area contributed by atoms with E-state index in [1.807, 2.05) is 6.92 Å². The van der Waals surface area contributed by atoms with Crippen molar-refractivity contribution in [2.45, 2.75) is 13.0 Å². The Labute approximate surface area is 86.5 Å². The number of aromatic nitrogens is 2. The van der Waals surface area contributed by atoms with Crippen LogP contribution in [0.4, 0.5) is 0 Å². The van der Waals surface area contributed by atoms with Crippen LogP contribution in [-0.2, 0) is 9.84 Å². The summed E-state index contributed by atoms with van der Waals surface area (Å²) >= 11 is 1.45. The number of nitrogens with zero attached hydrogens (tertiary/aromatic N) is 2. The van der Waals surface area contributed by atoms with Crippen LogP contribution in [0, 0.1) is 6.92 Å². The van der Waals surface area contributed by atoms with E-state index in [2.05, 4.69) is 15.5 Å². The molecular formula is C7H11N3O2S2. The fourth-order valence-corrected chi connectivity index (χ4v) is 3.66. The standard InChI is InChI=1S/C7H11N3O2S2/c1-5-9-10-7(13-5)6-4-14(11,12)3-2-8-6/h6,8H,2-4H2,1H3. The molecule has 2 rings (SSSR count). The SMILES string of the molecule is Cc1nnc(C2CS(=O)(=O)CCN2)s1. The van der Waals surface area contributed by atoms with E-state index in [0.29, 0.717) is 6.54 Å². The fraction of sp³-hybridized carbons (Fsp3) is 0.714. The van der Waals surface area contributed by atoms with Crippen LogP contribution in [0.15, 0.2) is 0 Å². The van der Waals surface area contributed by atoms with Crippen molar-refractivity contribution in [1.82, 2.24) is 15.5 Å². The highest BCUT2D eigenvalue weighted by molar-refractivity contribution is 7.91. The van der Waals surface area contributed by atoms with Gasteiger partial charge in [-0.05, 0) is 6.92 Å². The molecule has 0 aromatic carbocycles. The van der Waals surface area contributed by atoms with E-state index < -0.39 is 9.84 Å². The van der Waals surface area contributed by atoms with Crippen molar-refractivity contribution >= 4 is 21.2 Å². The molecule has 2 heterocycles. The maximum atomic E-state index is 11.4. The van der Waals surface area contributed by atoms with Gasteiger partial charge in [-0.15, -0.1) is 21.5 Å². The Morgan fingerprint density at radius 1 is 1.50 bits per heavy atom. The smallest absolute Gasteiger partial charge is 0.153 e. The van der Waals surface area contributed by atoms with Crippen molar-refractivity contribution in [1.29, 1.82) is 0 Å². The van der Waals surface area contributed by atoms with Crippen LogP contribution in [0.2, 0.25) is 0 Å². The zero-order valence-corrected chi connectivity index (χ0v) is 9.36. The number of nitrogens with one attached hydrogen (secondary N) is 1. The van der Waals surface area contributed by atoms with E-state index in [-0.39, 0.29) is 17.5 Å². The molecule has 0 amide bonds. The third-order valence-electron chi connectivity index (χ3n) is 2.06. The molecule has 1 aliphatic rings. The lowest BCUT2D eigenvalue weighted by Crippen LogP contribution is -2.39. The highest BCUT2D eigenvalue weighted by Crippen LogP contribution is 2.21. The molecule has 1 saturated heterocycles. The summed E-state index contributed by atoms with van der Waals surface area (Å²) in [4.78, 5) is 0. The van der Waals surface area contributed by atoms with Gasteiger partial charge in [0, 0.05) is 6.54 Å². The number of sulfone groups is 1. The van der Waals surface area contributed by atoms with Gasteiger partial charge in [-0.25, -0.2) is 8.42 Å². The summed E-state index contributed by atoms with van der Waals surface area (Å²) in [5.41, 5.74) is 0. The molecule has 1 aromatic heterocycles. The van der Waals surface area contributed by atoms with Crippen molar-refractivity contribution in [2.24, 2.45) is 0 Å². The lowest BCUT2D eigenvalue weighted by Gasteiger charge is -2.20. The molecule has 0 bridgehead atoms. The van der Waals surface area contributed by atoms with Gasteiger partial charge in [0.1, 0.15) is 10.0 Å². The average Bonchev–Trinajstić information content (AvgIpc) is 2.50. The summed E-state index contributed by atoms with van der Waals surface area (Å²) in [6.45, 7) is 2.37. The minimum atomic E-state index is -2.89. The molecule has 78 valence electrons. The second-order valence-electron chi connectivity index (χ2n) is 3.28. The second kappa shape index (κ2) is 3.56. The Morgan fingerprint density at radius 2 is 2.29 bits per heavy atom. The Morgan fingerprint density at radius 3 is 2.86 bits per heavy atom. The van der Waals surface area contributed by atoms with Crippen LogP contribution in [0.3, 0.4) is 0 Å². The Bertz CT molecular complexity index is 426. The molecule has 1 atom stereocenters. The van der Waals surface area contributed by atoms with Gasteiger partial charge in [-0.1, -0.05) is 0 Å². The van der Waals surface area contributed by atoms with Gasteiger partial charge < -0.3 is 5.32 Å². The Balaban J connectivity index is 2.20. The van der Waals surface area contributed by atoms with Gasteiger partial charge in [0.15, 0.2) is 9.84 Å². The van der Waals surface area contributed by atoms with Crippen LogP contribution in [-0.4, -0.2) is 36.7 Å². The molecule has 1 unspecified atom stereocenters. The number of hydrogen-bond acceptors (Lipinski definition) is 6. The van der Waals surface area contributed by atoms with Crippen LogP contribution < -0.4 is 5.32 Å². The average molecular weight is 233 g/mol. The Kier molecular flexibility index (Phi) is 2.54. The number of hydrogen-bond donors (Lipinski definition) is 1. The van der Waals surface area contributed by atoms with Crippen LogP contribution >= 0.6 is 11.3 Å². The maximum Gasteiger partial charge on any atom is 0.153 e. The highest BCUT2D eigenvalue weighted by atomic mass is 32.2. The van der Waals surface area contributed by atoms with Crippen molar-refractivity contribution < 1.29 is 8.42 Å². The van der Waals surface area contributed by atoms with E-state index in [0.717, 1.165) is 10.0 Å². The molecule has 5 nitrogen and oxygen atoms in total. The fourth-order valence-electron chi connectivity index (χ4n) is 1.40. The molecule has 1 fully saturated rings. The lowest BCUT2D eigenvalue weighted by atomic mass is 10.3. The minimum Gasteiger partial charge on any atom is -0.306 e. The van der Waals surface area contributed by atoms with Crippen LogP contribution in [0.1, 0.15) is 16.1 Å². The summed E-state index contributed by atoms with van der Waals surface area (Å²) in [6, 6.07) is -0.167. The molecule has 1 aromatic rings. The van der Waals surface area contributed by atoms with E-state index in [4.69, 9.17) is 0 Å². The van der Waals surface area contributed by atoms with Gasteiger partial charge in [-0.2, -0.15) is 0 Å². The zero-order chi connectivity index (χ0) is 10.2. The van der Waals surface area contributed by atoms with Crippen molar-refractivity contribution in [3.63, 3.8) is 0 Å². The van der Waals surface area contributed by atoms with Gasteiger partial charge >= 0.3 is 0 Å². The third-order valence-corrected chi connectivity index (χ3v) is 4.68. The van der Waals surface area contributed by atoms with Crippen molar-refractivity contribution in [3.8, 4) is 0 Å². The first kappa shape index (κ1) is 10.0. The van der Waals surface area contributed by atoms with E-state index in [1.165, 1.54) is 11.3 Å². The quantitative estimate of drug-likeness (QED) is 0.733. The molecule has 0 aliphatic carbocycles. The lowest BCUT2D eigenvalue weighted by molar-refractivity contribution is 0.527. The molecule has 1 N–H and O–H groups in total. The van der Waals surface area contributed by atoms with Crippen molar-refractivity contribution in [2.75, 3.05) is 18.1 Å². The zero-order valence-electron chi connectivity index (χ0n) is 7.73. The largest absolute Gasteiger partial charge is 0.306 e. The second-order valence-corrected chi connectivity index (χ2v) is 6.72. The first-order valence-corrected chi connectivity index (χ1v) is 6.94. The molecule has 0 radical (unpaired) electrons. The monoisotopic (exact) mass is 233 g/mol. The number of rotatable bonds is 1. The van der Waals surface area contributed by atoms with Crippen LogP contribution in [0.25, 0.3) is 0 Å². The molecule has 14 heavy (non-hydrogen) atoms. The molecule has 0 saturated carbocycles. The predicted octanol–water partition coefficient (Wildman–Crippen LogP) is -0.0944. The predicted molar refractivity (Wildman–Crippen MR) is 54.0 cm³/mol. The summed E-state index contributed by atoms with van der Waals surface area (Å²) in [6.07, 6.45) is 0. The van der Waals surface area contributed by atoms with E-state index in [1.54, 1.807) is 0 Å². The summed E-state index contributed by atoms with van der Waals surface area (Å²) in [5, 5.41) is 12.6. The molecule has 7 heteroatoms. The number of aryl methyl sites for hydroxylation is 1. The van der Waals surface area contributed by atoms with E-state index >= 15 is 0 Å². The summed E-state index contributed by atoms with van der Waals surface area (Å²) < 4.78 is 22.7. The molecular weight excluding hydrogens is 222 g/mol. The minimum absolute atomic E-state index is 0.141. The summed E-state index contributed by atoms with van der Waals surface area (Å²) in [5.74, 6) is 0.364. The van der Waals surface area contributed by atoms with E-state index in [9.17, 15) is 8.42 Å². The maximum absolute atomic E-state index is 11.4. The topological polar surface area (TPSA) is 72.0 Å². The van der Waals surface area contributed by atoms with Gasteiger partial charge in [0.2, 0.25) is 0 Å². The molecule has 0 spiro atoms. The van der Waals surface area contributed by atoms with Gasteiger partial charge in [0.25, 0.3) is 0 Å². The highest BCUT2D eigenvalue weighted by Gasteiger charge is 2.27. The van der Waals surface area contributed by atoms with Gasteiger partial charge in [0.05, 0.1) is 17.5 Å². The summed E-state index contributed by atoms with van der Waals surface area (Å²) in [7, 11) is -2.89. The first-order chi connectivity index (χ1) is 6.57. The Hall–Kier alpha value is -0.530. The van der Waals surface area contributed by atoms with Crippen LogP contribution in [0.5, 0.6) is 0 Å². The first-order valence-electron chi connectivity index (χ1n) is 4.31. The molecule has 1 aliphatic heterocycles. The van der Waals surface area contributed by atoms with Crippen molar-refractivity contribution in [3.05, 3.63) is 10.0 Å². The third kappa shape index (κ3) is 2.10. The normalized spacial score (nSPS) is 26.2. The van der Waals surface area contributed by atoms with Gasteiger partial charge in [-0.3, -0.25) is 0 Å².